The summed E-state index contributed by atoms with van der Waals surface area (Å²) in [5.74, 6) is 0. The molecule has 1 heterocycles. The molecule has 1 aliphatic heterocycles. The maximum atomic E-state index is 11.1. The van der Waals surface area contributed by atoms with Crippen molar-refractivity contribution in [2.45, 2.75) is 32.1 Å². The van der Waals surface area contributed by atoms with Gasteiger partial charge in [-0.3, -0.25) is 15.0 Å². The fourth-order valence-corrected chi connectivity index (χ4v) is 3.09. The van der Waals surface area contributed by atoms with Crippen molar-refractivity contribution < 1.29 is 9.66 Å². The molecule has 0 unspecified atom stereocenters. The van der Waals surface area contributed by atoms with Crippen LogP contribution in [-0.2, 0) is 17.9 Å². The van der Waals surface area contributed by atoms with Crippen molar-refractivity contribution in [2.75, 3.05) is 13.1 Å². The molecule has 0 bridgehead atoms. The van der Waals surface area contributed by atoms with Crippen LogP contribution in [0.25, 0.3) is 0 Å². The largest absolute Gasteiger partial charge is 0.373 e. The number of nitro benzene ring substituents is 1. The van der Waals surface area contributed by atoms with Gasteiger partial charge in [-0.1, -0.05) is 48.5 Å². The smallest absolute Gasteiger partial charge is 0.273 e. The number of nitrogens with zero attached hydrogens (tertiary/aromatic N) is 2. The Morgan fingerprint density at radius 3 is 2.42 bits per heavy atom. The zero-order chi connectivity index (χ0) is 16.8. The molecule has 0 spiro atoms. The highest BCUT2D eigenvalue weighted by Crippen LogP contribution is 2.22. The van der Waals surface area contributed by atoms with E-state index >= 15 is 0 Å². The first-order valence-corrected chi connectivity index (χ1v) is 8.32. The van der Waals surface area contributed by atoms with Gasteiger partial charge in [0, 0.05) is 31.3 Å². The number of hydrogen-bond acceptors (Lipinski definition) is 4. The standard InChI is InChI=1S/C19H22N2O3/c22-21(23)19-9-5-4-8-17(19)14-20-12-10-18(11-13-20)24-15-16-6-2-1-3-7-16/h1-9,18H,10-15H2. The first-order valence-electron chi connectivity index (χ1n) is 8.32. The molecule has 5 nitrogen and oxygen atoms in total. The summed E-state index contributed by atoms with van der Waals surface area (Å²) in [6.07, 6.45) is 2.20. The van der Waals surface area contributed by atoms with Crippen molar-refractivity contribution in [1.82, 2.24) is 4.90 Å². The van der Waals surface area contributed by atoms with Gasteiger partial charge in [0.1, 0.15) is 0 Å². The third-order valence-corrected chi connectivity index (χ3v) is 4.45. The van der Waals surface area contributed by atoms with Crippen LogP contribution in [0.4, 0.5) is 5.69 Å². The second-order valence-electron chi connectivity index (χ2n) is 6.16. The molecule has 1 aliphatic rings. The topological polar surface area (TPSA) is 55.6 Å². The number of likely N-dealkylation sites (tertiary alicyclic amines) is 1. The summed E-state index contributed by atoms with van der Waals surface area (Å²) in [6, 6.07) is 17.2. The van der Waals surface area contributed by atoms with Gasteiger partial charge in [-0.15, -0.1) is 0 Å². The molecule has 0 atom stereocenters. The van der Waals surface area contributed by atoms with Crippen LogP contribution in [0.15, 0.2) is 54.6 Å². The quantitative estimate of drug-likeness (QED) is 0.599. The van der Waals surface area contributed by atoms with Crippen LogP contribution in [0, 0.1) is 10.1 Å². The zero-order valence-electron chi connectivity index (χ0n) is 13.6. The Morgan fingerprint density at radius 2 is 1.71 bits per heavy atom. The number of ether oxygens (including phenoxy) is 1. The Morgan fingerprint density at radius 1 is 1.04 bits per heavy atom. The molecule has 2 aromatic rings. The second-order valence-corrected chi connectivity index (χ2v) is 6.16. The van der Waals surface area contributed by atoms with Crippen molar-refractivity contribution in [3.05, 3.63) is 75.8 Å². The van der Waals surface area contributed by atoms with E-state index in [-0.39, 0.29) is 16.7 Å². The minimum Gasteiger partial charge on any atom is -0.373 e. The van der Waals surface area contributed by atoms with Crippen LogP contribution in [0.5, 0.6) is 0 Å². The maximum Gasteiger partial charge on any atom is 0.273 e. The Balaban J connectivity index is 1.48. The van der Waals surface area contributed by atoms with Crippen LogP contribution in [0.2, 0.25) is 0 Å². The van der Waals surface area contributed by atoms with Gasteiger partial charge in [-0.25, -0.2) is 0 Å². The van der Waals surface area contributed by atoms with Crippen molar-refractivity contribution in [2.24, 2.45) is 0 Å². The summed E-state index contributed by atoms with van der Waals surface area (Å²) < 4.78 is 5.99. The number of hydrogen-bond donors (Lipinski definition) is 0. The normalized spacial score (nSPS) is 16.2. The predicted octanol–water partition coefficient (Wildman–Crippen LogP) is 3.78. The minimum atomic E-state index is -0.301. The van der Waals surface area contributed by atoms with Crippen molar-refractivity contribution in [3.8, 4) is 0 Å². The predicted molar refractivity (Wildman–Crippen MR) is 92.6 cm³/mol. The molecule has 2 aromatic carbocycles. The monoisotopic (exact) mass is 326 g/mol. The lowest BCUT2D eigenvalue weighted by Gasteiger charge is -2.31. The highest BCUT2D eigenvalue weighted by atomic mass is 16.6. The van der Waals surface area contributed by atoms with Gasteiger partial charge in [0.25, 0.3) is 5.69 Å². The summed E-state index contributed by atoms with van der Waals surface area (Å²) >= 11 is 0. The Labute approximate surface area is 142 Å². The van der Waals surface area contributed by atoms with E-state index < -0.39 is 0 Å². The molecule has 0 radical (unpaired) electrons. The average Bonchev–Trinajstić information content (AvgIpc) is 2.62. The average molecular weight is 326 g/mol. The van der Waals surface area contributed by atoms with Crippen LogP contribution in [0.1, 0.15) is 24.0 Å². The molecule has 0 N–H and O–H groups in total. The maximum absolute atomic E-state index is 11.1. The first-order chi connectivity index (χ1) is 11.7. The SMILES string of the molecule is O=[N+]([O-])c1ccccc1CN1CCC(OCc2ccccc2)CC1. The van der Waals surface area contributed by atoms with Gasteiger partial charge in [0.15, 0.2) is 0 Å². The van der Waals surface area contributed by atoms with E-state index in [1.54, 1.807) is 12.1 Å². The molecule has 5 heteroatoms. The third kappa shape index (κ3) is 4.40. The van der Waals surface area contributed by atoms with E-state index in [0.29, 0.717) is 13.2 Å². The lowest BCUT2D eigenvalue weighted by Crippen LogP contribution is -2.36. The number of benzene rings is 2. The van der Waals surface area contributed by atoms with Gasteiger partial charge < -0.3 is 4.74 Å². The van der Waals surface area contributed by atoms with Crippen molar-refractivity contribution in [1.29, 1.82) is 0 Å². The van der Waals surface area contributed by atoms with E-state index in [1.165, 1.54) is 5.56 Å². The highest BCUT2D eigenvalue weighted by molar-refractivity contribution is 5.39. The third-order valence-electron chi connectivity index (χ3n) is 4.45. The molecular formula is C19H22N2O3. The minimum absolute atomic E-state index is 0.208. The van der Waals surface area contributed by atoms with Gasteiger partial charge in [-0.2, -0.15) is 0 Å². The van der Waals surface area contributed by atoms with Crippen LogP contribution in [0.3, 0.4) is 0 Å². The number of piperidine rings is 1. The van der Waals surface area contributed by atoms with Gasteiger partial charge in [-0.05, 0) is 18.4 Å². The van der Waals surface area contributed by atoms with Crippen LogP contribution >= 0.6 is 0 Å². The van der Waals surface area contributed by atoms with E-state index in [9.17, 15) is 10.1 Å². The van der Waals surface area contributed by atoms with E-state index in [0.717, 1.165) is 31.5 Å². The molecule has 0 aromatic heterocycles. The van der Waals surface area contributed by atoms with Crippen LogP contribution < -0.4 is 0 Å². The molecule has 0 amide bonds. The highest BCUT2D eigenvalue weighted by Gasteiger charge is 2.22. The molecule has 0 saturated carbocycles. The fourth-order valence-electron chi connectivity index (χ4n) is 3.09. The Hall–Kier alpha value is -2.24. The van der Waals surface area contributed by atoms with Crippen LogP contribution in [-0.4, -0.2) is 29.0 Å². The number of para-hydroxylation sites is 1. The number of nitro groups is 1. The Bertz CT molecular complexity index is 667. The van der Waals surface area contributed by atoms with Crippen molar-refractivity contribution in [3.63, 3.8) is 0 Å². The van der Waals surface area contributed by atoms with E-state index in [2.05, 4.69) is 17.0 Å². The summed E-state index contributed by atoms with van der Waals surface area (Å²) in [5, 5.41) is 11.1. The summed E-state index contributed by atoms with van der Waals surface area (Å²) in [5.41, 5.74) is 2.19. The number of rotatable bonds is 6. The zero-order valence-corrected chi connectivity index (χ0v) is 13.6. The lowest BCUT2D eigenvalue weighted by molar-refractivity contribution is -0.385. The van der Waals surface area contributed by atoms with Crippen molar-refractivity contribution >= 4 is 5.69 Å². The second kappa shape index (κ2) is 8.04. The first kappa shape index (κ1) is 16.6. The molecule has 1 fully saturated rings. The van der Waals surface area contributed by atoms with Gasteiger partial charge in [0.2, 0.25) is 0 Å². The van der Waals surface area contributed by atoms with E-state index in [4.69, 9.17) is 4.74 Å². The molecule has 3 rings (SSSR count). The Kier molecular flexibility index (Phi) is 5.56. The van der Waals surface area contributed by atoms with Gasteiger partial charge in [0.05, 0.1) is 17.6 Å². The molecular weight excluding hydrogens is 304 g/mol. The van der Waals surface area contributed by atoms with Gasteiger partial charge >= 0.3 is 0 Å². The fraction of sp³-hybridized carbons (Fsp3) is 0.368. The lowest BCUT2D eigenvalue weighted by atomic mass is 10.1. The molecule has 1 saturated heterocycles. The van der Waals surface area contributed by atoms with E-state index in [1.807, 2.05) is 30.3 Å². The molecule has 0 aliphatic carbocycles. The summed E-state index contributed by atoms with van der Waals surface area (Å²) in [6.45, 7) is 3.09. The molecule has 24 heavy (non-hydrogen) atoms. The molecule has 126 valence electrons. The summed E-state index contributed by atoms with van der Waals surface area (Å²) in [7, 11) is 0. The summed E-state index contributed by atoms with van der Waals surface area (Å²) in [4.78, 5) is 13.1.